The molecule has 4 rings (SSSR count). The van der Waals surface area contributed by atoms with Crippen LogP contribution >= 0.6 is 0 Å². The summed E-state index contributed by atoms with van der Waals surface area (Å²) in [6.45, 7) is 1.03. The highest BCUT2D eigenvalue weighted by molar-refractivity contribution is 5.54. The first-order chi connectivity index (χ1) is 11.3. The summed E-state index contributed by atoms with van der Waals surface area (Å²) >= 11 is 0. The van der Waals surface area contributed by atoms with Crippen molar-refractivity contribution in [3.8, 4) is 11.4 Å². The lowest BCUT2D eigenvalue weighted by atomic mass is 10.1. The van der Waals surface area contributed by atoms with E-state index in [0.29, 0.717) is 0 Å². The highest BCUT2D eigenvalue weighted by Gasteiger charge is 2.28. The van der Waals surface area contributed by atoms with Gasteiger partial charge in [0.2, 0.25) is 0 Å². The van der Waals surface area contributed by atoms with Gasteiger partial charge in [-0.25, -0.2) is 15.0 Å². The molecule has 0 aliphatic carbocycles. The molecule has 0 spiro atoms. The Balaban J connectivity index is 1.69. The second-order valence-corrected chi connectivity index (χ2v) is 5.88. The molecular weight excluding hydrogens is 286 g/mol. The summed E-state index contributed by atoms with van der Waals surface area (Å²) in [6, 6.07) is 12.6. The second-order valence-electron chi connectivity index (χ2n) is 5.88. The minimum Gasteiger partial charge on any atom is -0.348 e. The van der Waals surface area contributed by atoms with Crippen molar-refractivity contribution in [3.63, 3.8) is 0 Å². The first-order valence-electron chi connectivity index (χ1n) is 7.94. The number of pyridine rings is 2. The molecule has 0 radical (unpaired) electrons. The quantitative estimate of drug-likeness (QED) is 0.745. The zero-order valence-corrected chi connectivity index (χ0v) is 13.1. The molecule has 1 atom stereocenters. The van der Waals surface area contributed by atoms with Gasteiger partial charge in [0.15, 0.2) is 0 Å². The molecule has 3 aromatic rings. The van der Waals surface area contributed by atoms with Gasteiger partial charge < -0.3 is 9.47 Å². The molecule has 1 aliphatic rings. The Morgan fingerprint density at radius 3 is 2.87 bits per heavy atom. The molecule has 1 aliphatic heterocycles. The van der Waals surface area contributed by atoms with E-state index in [2.05, 4.69) is 33.1 Å². The van der Waals surface area contributed by atoms with Crippen LogP contribution in [0.2, 0.25) is 0 Å². The molecule has 4 heterocycles. The van der Waals surface area contributed by atoms with Crippen molar-refractivity contribution in [2.75, 3.05) is 11.4 Å². The fraction of sp³-hybridized carbons (Fsp3) is 0.278. The van der Waals surface area contributed by atoms with Gasteiger partial charge in [0.05, 0.1) is 35.6 Å². The lowest BCUT2D eigenvalue weighted by Crippen LogP contribution is -2.24. The molecule has 1 fully saturated rings. The average Bonchev–Trinajstić information content (AvgIpc) is 3.25. The van der Waals surface area contributed by atoms with E-state index in [1.165, 1.54) is 6.42 Å². The normalized spacial score (nSPS) is 17.6. The van der Waals surface area contributed by atoms with Crippen molar-refractivity contribution >= 4 is 5.82 Å². The Morgan fingerprint density at radius 1 is 1.13 bits per heavy atom. The Labute approximate surface area is 135 Å². The third-order valence-electron chi connectivity index (χ3n) is 4.39. The van der Waals surface area contributed by atoms with Crippen LogP contribution in [0, 0.1) is 0 Å². The van der Waals surface area contributed by atoms with Gasteiger partial charge in [-0.15, -0.1) is 0 Å². The number of nitrogens with zero attached hydrogens (tertiary/aromatic N) is 5. The lowest BCUT2D eigenvalue weighted by Gasteiger charge is -2.25. The summed E-state index contributed by atoms with van der Waals surface area (Å²) in [5.41, 5.74) is 3.11. The molecule has 0 unspecified atom stereocenters. The van der Waals surface area contributed by atoms with Gasteiger partial charge in [-0.3, -0.25) is 0 Å². The maximum atomic E-state index is 4.90. The van der Waals surface area contributed by atoms with Gasteiger partial charge in [-0.2, -0.15) is 0 Å². The minimum atomic E-state index is 0.290. The summed E-state index contributed by atoms with van der Waals surface area (Å²) in [5, 5.41) is 0. The first kappa shape index (κ1) is 13.9. The molecule has 23 heavy (non-hydrogen) atoms. The Morgan fingerprint density at radius 2 is 2.09 bits per heavy atom. The van der Waals surface area contributed by atoms with Crippen LogP contribution in [-0.2, 0) is 7.05 Å². The van der Waals surface area contributed by atoms with Gasteiger partial charge in [-0.05, 0) is 37.1 Å². The van der Waals surface area contributed by atoms with E-state index in [4.69, 9.17) is 4.98 Å². The highest BCUT2D eigenvalue weighted by Crippen LogP contribution is 2.34. The number of aromatic nitrogens is 4. The maximum Gasteiger partial charge on any atom is 0.129 e. The van der Waals surface area contributed by atoms with Gasteiger partial charge in [0, 0.05) is 19.8 Å². The Bertz CT molecular complexity index is 796. The molecular formula is C18H19N5. The number of anilines is 1. The van der Waals surface area contributed by atoms with Crippen molar-refractivity contribution in [2.45, 2.75) is 18.9 Å². The van der Waals surface area contributed by atoms with Crippen LogP contribution < -0.4 is 4.90 Å². The zero-order valence-electron chi connectivity index (χ0n) is 13.1. The summed E-state index contributed by atoms with van der Waals surface area (Å²) in [7, 11) is 1.99. The fourth-order valence-electron chi connectivity index (χ4n) is 3.26. The van der Waals surface area contributed by atoms with Crippen LogP contribution in [0.1, 0.15) is 24.6 Å². The molecule has 0 bridgehead atoms. The SMILES string of the molecule is Cn1cncc1-c1cccc([C@@H]2CCCN2c2ccccn2)n1. The number of hydrogen-bond donors (Lipinski definition) is 0. The van der Waals surface area contributed by atoms with E-state index in [1.807, 2.05) is 42.2 Å². The van der Waals surface area contributed by atoms with Crippen LogP contribution in [0.3, 0.4) is 0 Å². The molecule has 116 valence electrons. The smallest absolute Gasteiger partial charge is 0.129 e. The zero-order chi connectivity index (χ0) is 15.6. The average molecular weight is 305 g/mol. The first-order valence-corrected chi connectivity index (χ1v) is 7.94. The molecule has 5 heteroatoms. The summed E-state index contributed by atoms with van der Waals surface area (Å²) in [6.07, 6.45) is 7.79. The fourth-order valence-corrected chi connectivity index (χ4v) is 3.26. The lowest BCUT2D eigenvalue weighted by molar-refractivity contribution is 0.688. The van der Waals surface area contributed by atoms with Gasteiger partial charge in [0.1, 0.15) is 5.82 Å². The van der Waals surface area contributed by atoms with Crippen molar-refractivity contribution in [3.05, 3.63) is 60.8 Å². The molecule has 0 N–H and O–H groups in total. The third-order valence-corrected chi connectivity index (χ3v) is 4.39. The molecule has 3 aromatic heterocycles. The van der Waals surface area contributed by atoms with E-state index < -0.39 is 0 Å². The number of rotatable bonds is 3. The van der Waals surface area contributed by atoms with Crippen LogP contribution in [0.15, 0.2) is 55.1 Å². The van der Waals surface area contributed by atoms with Crippen LogP contribution in [0.25, 0.3) is 11.4 Å². The summed E-state index contributed by atoms with van der Waals surface area (Å²) in [4.78, 5) is 16.0. The molecule has 0 amide bonds. The molecule has 0 aromatic carbocycles. The van der Waals surface area contributed by atoms with Crippen molar-refractivity contribution < 1.29 is 0 Å². The maximum absolute atomic E-state index is 4.90. The van der Waals surface area contributed by atoms with E-state index in [1.54, 1.807) is 6.33 Å². The molecule has 0 saturated carbocycles. The number of aryl methyl sites for hydroxylation is 1. The number of imidazole rings is 1. The summed E-state index contributed by atoms with van der Waals surface area (Å²) < 4.78 is 2.00. The van der Waals surface area contributed by atoms with Gasteiger partial charge in [0.25, 0.3) is 0 Å². The van der Waals surface area contributed by atoms with Crippen LogP contribution in [-0.4, -0.2) is 26.1 Å². The number of hydrogen-bond acceptors (Lipinski definition) is 4. The topological polar surface area (TPSA) is 46.8 Å². The van der Waals surface area contributed by atoms with Crippen LogP contribution in [0.4, 0.5) is 5.82 Å². The molecule has 5 nitrogen and oxygen atoms in total. The van der Waals surface area contributed by atoms with Crippen molar-refractivity contribution in [1.82, 2.24) is 19.5 Å². The standard InChI is InChI=1S/C18H19N5/c1-22-13-19-12-17(22)15-7-4-6-14(21-15)16-8-5-11-23(16)18-9-2-3-10-20-18/h2-4,6-7,9-10,12-13,16H,5,8,11H2,1H3/t16-/m0/s1. The molecule has 1 saturated heterocycles. The second kappa shape index (κ2) is 5.83. The minimum absolute atomic E-state index is 0.290. The third kappa shape index (κ3) is 2.59. The van der Waals surface area contributed by atoms with Gasteiger partial charge in [-0.1, -0.05) is 12.1 Å². The van der Waals surface area contributed by atoms with Gasteiger partial charge >= 0.3 is 0 Å². The predicted octanol–water partition coefficient (Wildman–Crippen LogP) is 3.22. The highest BCUT2D eigenvalue weighted by atomic mass is 15.2. The van der Waals surface area contributed by atoms with Crippen molar-refractivity contribution in [2.24, 2.45) is 7.05 Å². The van der Waals surface area contributed by atoms with E-state index in [-0.39, 0.29) is 6.04 Å². The van der Waals surface area contributed by atoms with E-state index >= 15 is 0 Å². The predicted molar refractivity (Wildman–Crippen MR) is 90.0 cm³/mol. The van der Waals surface area contributed by atoms with E-state index in [9.17, 15) is 0 Å². The summed E-state index contributed by atoms with van der Waals surface area (Å²) in [5.74, 6) is 1.03. The van der Waals surface area contributed by atoms with Crippen molar-refractivity contribution in [1.29, 1.82) is 0 Å². The van der Waals surface area contributed by atoms with Crippen LogP contribution in [0.5, 0.6) is 0 Å². The monoisotopic (exact) mass is 305 g/mol. The Hall–Kier alpha value is -2.69. The van der Waals surface area contributed by atoms with E-state index in [0.717, 1.165) is 35.9 Å². The Kier molecular flexibility index (Phi) is 3.54. The largest absolute Gasteiger partial charge is 0.348 e.